The Kier molecular flexibility index (Phi) is 4.45. The van der Waals surface area contributed by atoms with E-state index in [-0.39, 0.29) is 0 Å². The lowest BCUT2D eigenvalue weighted by Gasteiger charge is -2.34. The minimum absolute atomic E-state index is 0.471. The number of hydrogen-bond acceptors (Lipinski definition) is 1. The molecule has 96 valence electrons. The van der Waals surface area contributed by atoms with E-state index in [0.717, 1.165) is 11.8 Å². The Labute approximate surface area is 102 Å². The van der Waals surface area contributed by atoms with Crippen LogP contribution in [0.5, 0.6) is 0 Å². The van der Waals surface area contributed by atoms with Gasteiger partial charge in [0.05, 0.1) is 0 Å². The van der Waals surface area contributed by atoms with Crippen LogP contribution < -0.4 is 5.32 Å². The van der Waals surface area contributed by atoms with Gasteiger partial charge in [0.2, 0.25) is 0 Å². The molecule has 1 aliphatic rings. The number of rotatable bonds is 3. The standard InChI is InChI=1S/C15H31N/c1-14(2,3)9-13(10-15(4,5)6)12-7-8-16-11-12/h12-13,16H,7-11H2,1-6H3. The van der Waals surface area contributed by atoms with E-state index < -0.39 is 0 Å². The molecule has 0 aromatic heterocycles. The van der Waals surface area contributed by atoms with Gasteiger partial charge in [-0.3, -0.25) is 0 Å². The van der Waals surface area contributed by atoms with Gasteiger partial charge in [-0.15, -0.1) is 0 Å². The van der Waals surface area contributed by atoms with Gasteiger partial charge in [0.1, 0.15) is 0 Å². The molecule has 1 nitrogen and oxygen atoms in total. The molecule has 0 radical (unpaired) electrons. The Bertz CT molecular complexity index is 184. The van der Waals surface area contributed by atoms with Gasteiger partial charge in [-0.25, -0.2) is 0 Å². The number of hydrogen-bond donors (Lipinski definition) is 1. The van der Waals surface area contributed by atoms with Crippen molar-refractivity contribution in [3.63, 3.8) is 0 Å². The first-order chi connectivity index (χ1) is 7.17. The van der Waals surface area contributed by atoms with Crippen molar-refractivity contribution in [1.29, 1.82) is 0 Å². The van der Waals surface area contributed by atoms with E-state index in [0.29, 0.717) is 10.8 Å². The van der Waals surface area contributed by atoms with Crippen LogP contribution in [0.1, 0.15) is 60.8 Å². The molecule has 0 saturated carbocycles. The van der Waals surface area contributed by atoms with Gasteiger partial charge in [-0.05, 0) is 55.0 Å². The van der Waals surface area contributed by atoms with Gasteiger partial charge in [-0.1, -0.05) is 41.5 Å². The Morgan fingerprint density at radius 1 is 1.00 bits per heavy atom. The Morgan fingerprint density at radius 3 is 1.81 bits per heavy atom. The van der Waals surface area contributed by atoms with Crippen molar-refractivity contribution in [1.82, 2.24) is 5.32 Å². The molecule has 0 amide bonds. The van der Waals surface area contributed by atoms with Crippen LogP contribution >= 0.6 is 0 Å². The van der Waals surface area contributed by atoms with Gasteiger partial charge >= 0.3 is 0 Å². The molecule has 1 N–H and O–H groups in total. The molecule has 1 aliphatic heterocycles. The molecule has 1 fully saturated rings. The highest BCUT2D eigenvalue weighted by atomic mass is 14.9. The van der Waals surface area contributed by atoms with Crippen molar-refractivity contribution in [2.24, 2.45) is 22.7 Å². The fraction of sp³-hybridized carbons (Fsp3) is 1.00. The van der Waals surface area contributed by atoms with Gasteiger partial charge < -0.3 is 5.32 Å². The zero-order valence-corrected chi connectivity index (χ0v) is 12.2. The predicted molar refractivity (Wildman–Crippen MR) is 72.6 cm³/mol. The molecule has 0 aromatic carbocycles. The van der Waals surface area contributed by atoms with Crippen LogP contribution in [-0.4, -0.2) is 13.1 Å². The Balaban J connectivity index is 2.61. The van der Waals surface area contributed by atoms with E-state index in [1.165, 1.54) is 32.4 Å². The molecule has 1 atom stereocenters. The van der Waals surface area contributed by atoms with Crippen LogP contribution in [0.15, 0.2) is 0 Å². The van der Waals surface area contributed by atoms with Crippen LogP contribution in [0.4, 0.5) is 0 Å². The van der Waals surface area contributed by atoms with Gasteiger partial charge in [0.15, 0.2) is 0 Å². The smallest absolute Gasteiger partial charge is 0.00174 e. The fourth-order valence-corrected chi connectivity index (χ4v) is 3.06. The first-order valence-corrected chi connectivity index (χ1v) is 6.88. The summed E-state index contributed by atoms with van der Waals surface area (Å²) < 4.78 is 0. The highest BCUT2D eigenvalue weighted by Crippen LogP contribution is 2.38. The van der Waals surface area contributed by atoms with E-state index in [9.17, 15) is 0 Å². The molecule has 1 heteroatoms. The number of nitrogens with one attached hydrogen (secondary N) is 1. The normalized spacial score (nSPS) is 23.1. The average Bonchev–Trinajstić information content (AvgIpc) is 2.47. The lowest BCUT2D eigenvalue weighted by molar-refractivity contribution is 0.168. The summed E-state index contributed by atoms with van der Waals surface area (Å²) >= 11 is 0. The maximum Gasteiger partial charge on any atom is -0.00174 e. The van der Waals surface area contributed by atoms with E-state index >= 15 is 0 Å². The van der Waals surface area contributed by atoms with Crippen LogP contribution in [0.2, 0.25) is 0 Å². The zero-order valence-electron chi connectivity index (χ0n) is 12.2. The van der Waals surface area contributed by atoms with E-state index in [2.05, 4.69) is 46.9 Å². The van der Waals surface area contributed by atoms with Gasteiger partial charge in [0, 0.05) is 0 Å². The molecule has 0 bridgehead atoms. The SMILES string of the molecule is CC(C)(C)CC(CC(C)(C)C)C1CCNC1. The van der Waals surface area contributed by atoms with Crippen molar-refractivity contribution in [3.05, 3.63) is 0 Å². The molecular formula is C15H31N. The second-order valence-corrected chi connectivity index (χ2v) is 8.04. The van der Waals surface area contributed by atoms with Crippen LogP contribution in [0.3, 0.4) is 0 Å². The molecule has 1 rings (SSSR count). The summed E-state index contributed by atoms with van der Waals surface area (Å²) in [5.41, 5.74) is 0.941. The molecule has 0 spiro atoms. The lowest BCUT2D eigenvalue weighted by atomic mass is 9.71. The third-order valence-corrected chi connectivity index (χ3v) is 3.51. The quantitative estimate of drug-likeness (QED) is 0.763. The molecule has 1 saturated heterocycles. The minimum Gasteiger partial charge on any atom is -0.316 e. The summed E-state index contributed by atoms with van der Waals surface area (Å²) in [4.78, 5) is 0. The highest BCUT2D eigenvalue weighted by Gasteiger charge is 2.31. The average molecular weight is 225 g/mol. The summed E-state index contributed by atoms with van der Waals surface area (Å²) in [7, 11) is 0. The predicted octanol–water partition coefficient (Wildman–Crippen LogP) is 4.08. The second kappa shape index (κ2) is 5.08. The Hall–Kier alpha value is -0.0400. The van der Waals surface area contributed by atoms with Gasteiger partial charge in [-0.2, -0.15) is 0 Å². The Morgan fingerprint density at radius 2 is 1.50 bits per heavy atom. The van der Waals surface area contributed by atoms with Crippen LogP contribution in [0.25, 0.3) is 0 Å². The first-order valence-electron chi connectivity index (χ1n) is 6.88. The van der Waals surface area contributed by atoms with Crippen molar-refractivity contribution in [3.8, 4) is 0 Å². The van der Waals surface area contributed by atoms with Gasteiger partial charge in [0.25, 0.3) is 0 Å². The summed E-state index contributed by atoms with van der Waals surface area (Å²) in [5.74, 6) is 1.81. The summed E-state index contributed by atoms with van der Waals surface area (Å²) in [5, 5.41) is 3.52. The van der Waals surface area contributed by atoms with Crippen molar-refractivity contribution in [2.75, 3.05) is 13.1 Å². The summed E-state index contributed by atoms with van der Waals surface area (Å²) in [6.45, 7) is 16.8. The van der Waals surface area contributed by atoms with E-state index in [1.54, 1.807) is 0 Å². The monoisotopic (exact) mass is 225 g/mol. The second-order valence-electron chi connectivity index (χ2n) is 8.04. The minimum atomic E-state index is 0.471. The molecule has 1 heterocycles. The largest absolute Gasteiger partial charge is 0.316 e. The molecule has 0 aromatic rings. The maximum absolute atomic E-state index is 3.52. The molecular weight excluding hydrogens is 194 g/mol. The van der Waals surface area contributed by atoms with Crippen molar-refractivity contribution in [2.45, 2.75) is 60.8 Å². The van der Waals surface area contributed by atoms with E-state index in [4.69, 9.17) is 0 Å². The lowest BCUT2D eigenvalue weighted by Crippen LogP contribution is -2.27. The fourth-order valence-electron chi connectivity index (χ4n) is 3.06. The summed E-state index contributed by atoms with van der Waals surface area (Å²) in [6.07, 6.45) is 4.13. The molecule has 0 aliphatic carbocycles. The van der Waals surface area contributed by atoms with Crippen molar-refractivity contribution < 1.29 is 0 Å². The van der Waals surface area contributed by atoms with Crippen LogP contribution in [0, 0.1) is 22.7 Å². The highest BCUT2D eigenvalue weighted by molar-refractivity contribution is 4.84. The molecule has 1 unspecified atom stereocenters. The topological polar surface area (TPSA) is 12.0 Å². The summed E-state index contributed by atoms with van der Waals surface area (Å²) in [6, 6.07) is 0. The zero-order chi connectivity index (χ0) is 12.4. The first kappa shape index (κ1) is 14.0. The maximum atomic E-state index is 3.52. The van der Waals surface area contributed by atoms with E-state index in [1.807, 2.05) is 0 Å². The van der Waals surface area contributed by atoms with Crippen LogP contribution in [-0.2, 0) is 0 Å². The molecule has 16 heavy (non-hydrogen) atoms. The third-order valence-electron chi connectivity index (χ3n) is 3.51. The third kappa shape index (κ3) is 5.34. The van der Waals surface area contributed by atoms with Crippen molar-refractivity contribution >= 4 is 0 Å².